The third kappa shape index (κ3) is 8.70. The van der Waals surface area contributed by atoms with E-state index in [9.17, 15) is 29.1 Å². The first kappa shape index (κ1) is 36.9. The molecule has 1 unspecified atom stereocenters. The Balaban J connectivity index is 1.36. The van der Waals surface area contributed by atoms with Crippen LogP contribution >= 0.6 is 23.2 Å². The number of carboxylic acid groups (broad SMARTS) is 1. The fourth-order valence-electron chi connectivity index (χ4n) is 5.75. The van der Waals surface area contributed by atoms with Crippen molar-refractivity contribution in [3.8, 4) is 0 Å². The van der Waals surface area contributed by atoms with E-state index in [1.807, 2.05) is 26.0 Å². The van der Waals surface area contributed by atoms with E-state index >= 15 is 0 Å². The summed E-state index contributed by atoms with van der Waals surface area (Å²) in [6.45, 7) is 2.88. The first-order valence-electron chi connectivity index (χ1n) is 16.0. The van der Waals surface area contributed by atoms with Gasteiger partial charge in [0.2, 0.25) is 5.60 Å². The number of amides is 2. The molecule has 2 heterocycles. The van der Waals surface area contributed by atoms with Gasteiger partial charge in [-0.3, -0.25) is 24.2 Å². The molecule has 3 atom stereocenters. The Morgan fingerprint density at radius 2 is 1.61 bits per heavy atom. The van der Waals surface area contributed by atoms with Gasteiger partial charge in [0.05, 0.1) is 44.9 Å². The number of halogens is 2. The fourth-order valence-corrected chi connectivity index (χ4v) is 6.30. The molecule has 3 N–H and O–H groups in total. The second kappa shape index (κ2) is 16.1. The van der Waals surface area contributed by atoms with Crippen LogP contribution in [0.15, 0.2) is 90.2 Å². The van der Waals surface area contributed by atoms with Crippen molar-refractivity contribution in [1.82, 2.24) is 15.6 Å². The number of para-hydroxylation sites is 1. The molecule has 0 bridgehead atoms. The van der Waals surface area contributed by atoms with Gasteiger partial charge in [-0.05, 0) is 35.7 Å². The van der Waals surface area contributed by atoms with E-state index in [0.29, 0.717) is 22.4 Å². The topological polar surface area (TPSA) is 173 Å². The van der Waals surface area contributed by atoms with Crippen molar-refractivity contribution in [1.29, 1.82) is 0 Å². The maximum atomic E-state index is 14.2. The minimum atomic E-state index is -1.73. The lowest BCUT2D eigenvalue weighted by atomic mass is 9.84. The smallest absolute Gasteiger partial charge is 0.341 e. The summed E-state index contributed by atoms with van der Waals surface area (Å²) >= 11 is 12.1. The number of carboxylic acids is 1. The molecule has 2 amide bonds. The molecule has 4 aromatic rings. The monoisotopic (exact) mass is 732 g/mol. The summed E-state index contributed by atoms with van der Waals surface area (Å²) in [6, 6.07) is 19.9. The highest BCUT2D eigenvalue weighted by molar-refractivity contribution is 6.39. The third-order valence-corrected chi connectivity index (χ3v) is 8.96. The predicted molar refractivity (Wildman–Crippen MR) is 190 cm³/mol. The number of aliphatic carboxylic acids is 1. The average Bonchev–Trinajstić information content (AvgIpc) is 3.53. The molecular formula is C37H34Cl2N4O8. The molecule has 1 aliphatic heterocycles. The molecule has 1 aromatic heterocycles. The van der Waals surface area contributed by atoms with Crippen LogP contribution in [-0.2, 0) is 30.4 Å². The highest BCUT2D eigenvalue weighted by Gasteiger charge is 2.49. The number of esters is 1. The molecule has 5 rings (SSSR count). The van der Waals surface area contributed by atoms with Gasteiger partial charge >= 0.3 is 11.9 Å². The minimum Gasteiger partial charge on any atom is -0.481 e. The van der Waals surface area contributed by atoms with Crippen LogP contribution in [0.1, 0.15) is 53.0 Å². The van der Waals surface area contributed by atoms with Gasteiger partial charge in [-0.2, -0.15) is 0 Å². The first-order chi connectivity index (χ1) is 24.4. The highest BCUT2D eigenvalue weighted by Crippen LogP contribution is 2.32. The van der Waals surface area contributed by atoms with E-state index in [0.717, 1.165) is 5.39 Å². The molecule has 264 valence electrons. The van der Waals surface area contributed by atoms with Crippen molar-refractivity contribution in [2.75, 3.05) is 6.61 Å². The average molecular weight is 734 g/mol. The highest BCUT2D eigenvalue weighted by atomic mass is 35.5. The summed E-state index contributed by atoms with van der Waals surface area (Å²) in [5, 5.41) is 20.2. The molecule has 0 fully saturated rings. The van der Waals surface area contributed by atoms with Gasteiger partial charge in [-0.25, -0.2) is 4.79 Å². The number of oxime groups is 1. The number of rotatable bonds is 14. The van der Waals surface area contributed by atoms with E-state index in [4.69, 9.17) is 32.8 Å². The van der Waals surface area contributed by atoms with Crippen LogP contribution in [0.5, 0.6) is 0 Å². The number of pyridine rings is 1. The second-order valence-corrected chi connectivity index (χ2v) is 13.2. The van der Waals surface area contributed by atoms with E-state index in [1.54, 1.807) is 54.7 Å². The summed E-state index contributed by atoms with van der Waals surface area (Å²) in [5.74, 6) is -4.70. The number of carbonyl (C=O) groups is 5. The van der Waals surface area contributed by atoms with Gasteiger partial charge in [0.15, 0.2) is 12.4 Å². The number of hydrogen-bond acceptors (Lipinski definition) is 9. The Morgan fingerprint density at radius 1 is 0.922 bits per heavy atom. The quantitative estimate of drug-likeness (QED) is 0.143. The van der Waals surface area contributed by atoms with Gasteiger partial charge in [-0.1, -0.05) is 96.8 Å². The fraction of sp³-hybridized carbons (Fsp3) is 0.270. The van der Waals surface area contributed by atoms with E-state index in [1.165, 1.54) is 18.2 Å². The van der Waals surface area contributed by atoms with Crippen molar-refractivity contribution in [3.05, 3.63) is 112 Å². The Hall–Kier alpha value is -5.33. The van der Waals surface area contributed by atoms with Crippen LogP contribution < -0.4 is 10.6 Å². The van der Waals surface area contributed by atoms with Crippen molar-refractivity contribution >= 4 is 69.4 Å². The number of hydrogen-bond donors (Lipinski definition) is 3. The van der Waals surface area contributed by atoms with Gasteiger partial charge in [0, 0.05) is 24.4 Å². The molecule has 0 spiro atoms. The van der Waals surface area contributed by atoms with Crippen LogP contribution in [0.2, 0.25) is 10.0 Å². The van der Waals surface area contributed by atoms with Crippen molar-refractivity contribution in [3.63, 3.8) is 0 Å². The molecule has 12 nitrogen and oxygen atoms in total. The van der Waals surface area contributed by atoms with E-state index in [2.05, 4.69) is 20.8 Å². The van der Waals surface area contributed by atoms with Crippen molar-refractivity contribution in [2.45, 2.75) is 50.8 Å². The largest absolute Gasteiger partial charge is 0.481 e. The van der Waals surface area contributed by atoms with Gasteiger partial charge in [0.25, 0.3) is 11.8 Å². The molecule has 0 radical (unpaired) electrons. The lowest BCUT2D eigenvalue weighted by molar-refractivity contribution is -0.148. The maximum absolute atomic E-state index is 14.2. The zero-order chi connectivity index (χ0) is 36.7. The Morgan fingerprint density at radius 3 is 2.29 bits per heavy atom. The number of nitrogens with one attached hydrogen (secondary N) is 2. The number of carbonyl (C=O) groups excluding carboxylic acids is 4. The minimum absolute atomic E-state index is 0.00273. The molecule has 0 aliphatic carbocycles. The van der Waals surface area contributed by atoms with Crippen LogP contribution in [0.4, 0.5) is 0 Å². The maximum Gasteiger partial charge on any atom is 0.341 e. The van der Waals surface area contributed by atoms with Crippen LogP contribution in [0.3, 0.4) is 0 Å². The second-order valence-electron chi connectivity index (χ2n) is 12.3. The van der Waals surface area contributed by atoms with E-state index < -0.39 is 60.2 Å². The number of aromatic nitrogens is 1. The van der Waals surface area contributed by atoms with Crippen LogP contribution in [-0.4, -0.2) is 69.6 Å². The van der Waals surface area contributed by atoms with Gasteiger partial charge < -0.3 is 25.3 Å². The Kier molecular flexibility index (Phi) is 11.7. The SMILES string of the molecule is CC(C)[C@H](NC(=O)c1cccc2cccnc12)C1=NOC(Cc2ccccc2)(C(=O)N[C@@H](CC(=O)O)C(=O)COC(=O)c2c(Cl)cccc2Cl)C1. The normalized spacial score (nSPS) is 16.5. The Bertz CT molecular complexity index is 1980. The summed E-state index contributed by atoms with van der Waals surface area (Å²) < 4.78 is 5.12. The molecule has 51 heavy (non-hydrogen) atoms. The number of Topliss-reactive ketones (excluding diaryl/α,β-unsaturated/α-hetero) is 1. The Labute approximate surface area is 303 Å². The van der Waals surface area contributed by atoms with Crippen LogP contribution in [0, 0.1) is 5.92 Å². The standard InChI is InChI=1S/C37H34Cl2N4O8/c1-21(2)32(42-34(47)24-13-6-11-23-12-8-16-40-33(23)24)28-19-37(51-43-28,18-22-9-4-3-5-10-22)36(49)41-27(17-30(45)46)29(44)20-50-35(48)31-25(38)14-7-15-26(31)39/h3-16,21,27,32H,17-20H2,1-2H3,(H,41,49)(H,42,47)(H,45,46)/t27-,32-,37?/m0/s1. The molecule has 3 aromatic carbocycles. The zero-order valence-corrected chi connectivity index (χ0v) is 29.1. The number of benzene rings is 3. The number of ketones is 1. The summed E-state index contributed by atoms with van der Waals surface area (Å²) in [5.41, 5.74) is 0.0547. The van der Waals surface area contributed by atoms with Gasteiger partial charge in [0.1, 0.15) is 6.04 Å². The summed E-state index contributed by atoms with van der Waals surface area (Å²) in [6.07, 6.45) is 0.685. The van der Waals surface area contributed by atoms with Crippen molar-refractivity contribution < 1.29 is 38.7 Å². The first-order valence-corrected chi connectivity index (χ1v) is 16.7. The third-order valence-electron chi connectivity index (χ3n) is 8.33. The molecule has 0 saturated heterocycles. The number of ether oxygens (including phenoxy) is 1. The van der Waals surface area contributed by atoms with Crippen LogP contribution in [0.25, 0.3) is 10.9 Å². The molecule has 1 aliphatic rings. The molecular weight excluding hydrogens is 699 g/mol. The van der Waals surface area contributed by atoms with Crippen molar-refractivity contribution in [2.24, 2.45) is 11.1 Å². The molecule has 0 saturated carbocycles. The lowest BCUT2D eigenvalue weighted by Crippen LogP contribution is -2.55. The zero-order valence-electron chi connectivity index (χ0n) is 27.6. The summed E-state index contributed by atoms with van der Waals surface area (Å²) in [7, 11) is 0. The van der Waals surface area contributed by atoms with Gasteiger partial charge in [-0.15, -0.1) is 0 Å². The predicted octanol–water partition coefficient (Wildman–Crippen LogP) is 5.44. The molecule has 14 heteroatoms. The van der Waals surface area contributed by atoms with E-state index in [-0.39, 0.29) is 34.4 Å². The number of nitrogens with zero attached hydrogens (tertiary/aromatic N) is 2. The number of fused-ring (bicyclic) bond motifs is 1. The summed E-state index contributed by atoms with van der Waals surface area (Å²) in [4.78, 5) is 75.8. The lowest BCUT2D eigenvalue weighted by Gasteiger charge is -2.29.